The SMILES string of the molecule is O.O=C(O)c1ccc[nH+]c1N[C@H](P(=O)([O-])O)P(=O)(O)O. The van der Waals surface area contributed by atoms with E-state index in [0.29, 0.717) is 0 Å². The van der Waals surface area contributed by atoms with Crippen LogP contribution >= 0.6 is 15.2 Å². The number of carboxylic acid groups (broad SMARTS) is 1. The smallest absolute Gasteiger partial charge is 0.378 e. The highest BCUT2D eigenvalue weighted by Gasteiger charge is 2.42. The molecule has 8 N–H and O–H groups in total. The zero-order valence-electron chi connectivity index (χ0n) is 9.63. The van der Waals surface area contributed by atoms with Gasteiger partial charge >= 0.3 is 13.6 Å². The second-order valence-corrected chi connectivity index (χ2v) is 7.18. The summed E-state index contributed by atoms with van der Waals surface area (Å²) in [6, 6.07) is 2.36. The molecule has 11 nitrogen and oxygen atoms in total. The molecule has 0 saturated carbocycles. The largest absolute Gasteiger partial charge is 0.775 e. The number of aromatic carboxylic acids is 1. The Balaban J connectivity index is 0.00000361. The molecule has 0 amide bonds. The highest BCUT2D eigenvalue weighted by Crippen LogP contribution is 2.57. The van der Waals surface area contributed by atoms with E-state index < -0.39 is 38.1 Å². The summed E-state index contributed by atoms with van der Waals surface area (Å²) in [5.74, 6) is -1.92. The molecule has 0 saturated heterocycles. The van der Waals surface area contributed by atoms with Crippen molar-refractivity contribution in [3.63, 3.8) is 0 Å². The van der Waals surface area contributed by atoms with Gasteiger partial charge in [0.2, 0.25) is 0 Å². The first-order valence-electron chi connectivity index (χ1n) is 4.62. The second kappa shape index (κ2) is 6.42. The van der Waals surface area contributed by atoms with Crippen LogP contribution in [0.4, 0.5) is 5.82 Å². The van der Waals surface area contributed by atoms with Crippen molar-refractivity contribution in [2.24, 2.45) is 0 Å². The lowest BCUT2D eigenvalue weighted by atomic mass is 10.2. The minimum atomic E-state index is -5.45. The summed E-state index contributed by atoms with van der Waals surface area (Å²) in [5, 5.41) is 10.6. The lowest BCUT2D eigenvalue weighted by molar-refractivity contribution is -0.361. The van der Waals surface area contributed by atoms with Crippen molar-refractivity contribution < 1.29 is 49.1 Å². The van der Waals surface area contributed by atoms with E-state index in [2.05, 4.69) is 4.98 Å². The molecule has 0 radical (unpaired) electrons. The van der Waals surface area contributed by atoms with Gasteiger partial charge in [-0.15, -0.1) is 0 Å². The number of carbonyl (C=O) groups is 1. The third-order valence-electron chi connectivity index (χ3n) is 1.99. The minimum Gasteiger partial charge on any atom is -0.775 e. The van der Waals surface area contributed by atoms with Crippen LogP contribution in [0.25, 0.3) is 0 Å². The standard InChI is InChI=1S/C7H10N2O8P2.H2O/c10-6(11)4-2-1-3-8-5(4)9-7(18(12,13)14)19(15,16)17;/h1-3,7H,(H,8,9)(H,10,11)(H2,12,13,14)(H2,15,16,17);1H2. The van der Waals surface area contributed by atoms with Gasteiger partial charge in [-0.3, -0.25) is 9.88 Å². The van der Waals surface area contributed by atoms with E-state index >= 15 is 0 Å². The van der Waals surface area contributed by atoms with Crippen LogP contribution in [0.1, 0.15) is 10.4 Å². The number of nitrogens with one attached hydrogen (secondary N) is 2. The van der Waals surface area contributed by atoms with E-state index in [4.69, 9.17) is 19.8 Å². The first-order valence-corrected chi connectivity index (χ1v) is 7.95. The van der Waals surface area contributed by atoms with Crippen LogP contribution in [-0.2, 0) is 9.13 Å². The average molecular weight is 330 g/mol. The van der Waals surface area contributed by atoms with Gasteiger partial charge in [-0.2, -0.15) is 0 Å². The number of carboxylic acids is 1. The van der Waals surface area contributed by atoms with Crippen molar-refractivity contribution >= 4 is 27.0 Å². The Kier molecular flexibility index (Phi) is 6.00. The Labute approximate surface area is 111 Å². The number of aromatic amines is 1. The number of anilines is 1. The van der Waals surface area contributed by atoms with Crippen LogP contribution in [0.5, 0.6) is 0 Å². The summed E-state index contributed by atoms with van der Waals surface area (Å²) in [5.41, 5.74) is -3.09. The summed E-state index contributed by atoms with van der Waals surface area (Å²) in [6.07, 6.45) is 1.21. The van der Waals surface area contributed by atoms with E-state index in [0.717, 1.165) is 6.07 Å². The Bertz CT molecular complexity index is 557. The molecule has 1 rings (SSSR count). The molecular formula is C7H12N2O9P2. The van der Waals surface area contributed by atoms with E-state index in [1.54, 1.807) is 5.32 Å². The predicted molar refractivity (Wildman–Crippen MR) is 62.9 cm³/mol. The van der Waals surface area contributed by atoms with E-state index in [1.165, 1.54) is 12.3 Å². The van der Waals surface area contributed by atoms with Gasteiger partial charge in [0.15, 0.2) is 7.60 Å². The van der Waals surface area contributed by atoms with Crippen molar-refractivity contribution in [1.29, 1.82) is 0 Å². The Hall–Kier alpha value is -1.32. The Morgan fingerprint density at radius 1 is 1.35 bits per heavy atom. The molecule has 1 aromatic heterocycles. The first-order chi connectivity index (χ1) is 8.53. The van der Waals surface area contributed by atoms with Gasteiger partial charge < -0.3 is 34.7 Å². The fraction of sp³-hybridized carbons (Fsp3) is 0.143. The zero-order chi connectivity index (χ0) is 14.8. The van der Waals surface area contributed by atoms with Crippen LogP contribution in [-0.4, -0.2) is 36.8 Å². The molecule has 0 aliphatic rings. The number of hydrogen-bond acceptors (Lipinski definition) is 5. The number of rotatable bonds is 5. The third kappa shape index (κ3) is 4.66. The van der Waals surface area contributed by atoms with Crippen molar-refractivity contribution in [2.75, 3.05) is 5.32 Å². The normalized spacial score (nSPS) is 15.6. The highest BCUT2D eigenvalue weighted by molar-refractivity contribution is 7.70. The van der Waals surface area contributed by atoms with Gasteiger partial charge in [0.25, 0.3) is 11.3 Å². The lowest BCUT2D eigenvalue weighted by Crippen LogP contribution is -2.29. The van der Waals surface area contributed by atoms with Gasteiger partial charge in [-0.25, -0.2) is 9.78 Å². The van der Waals surface area contributed by atoms with Crippen molar-refractivity contribution in [3.05, 3.63) is 23.9 Å². The highest BCUT2D eigenvalue weighted by atomic mass is 31.2. The van der Waals surface area contributed by atoms with E-state index in [-0.39, 0.29) is 5.48 Å². The summed E-state index contributed by atoms with van der Waals surface area (Å²) in [4.78, 5) is 50.6. The summed E-state index contributed by atoms with van der Waals surface area (Å²) < 4.78 is 21.9. The molecule has 2 atom stereocenters. The molecule has 20 heavy (non-hydrogen) atoms. The molecule has 1 aromatic rings. The van der Waals surface area contributed by atoms with Crippen LogP contribution < -0.4 is 15.2 Å². The second-order valence-electron chi connectivity index (χ2n) is 3.44. The molecule has 114 valence electrons. The molecule has 0 aliphatic carbocycles. The molecule has 0 aliphatic heterocycles. The van der Waals surface area contributed by atoms with Crippen LogP contribution in [0.2, 0.25) is 0 Å². The topological polar surface area (TPSA) is 213 Å². The Morgan fingerprint density at radius 3 is 2.30 bits per heavy atom. The fourth-order valence-corrected chi connectivity index (χ4v) is 3.33. The quantitative estimate of drug-likeness (QED) is 0.369. The van der Waals surface area contributed by atoms with Crippen molar-refractivity contribution in [3.8, 4) is 0 Å². The maximum Gasteiger partial charge on any atom is 0.378 e. The molecule has 0 aromatic carbocycles. The molecule has 13 heteroatoms. The zero-order valence-corrected chi connectivity index (χ0v) is 11.4. The average Bonchev–Trinajstić information content (AvgIpc) is 2.23. The van der Waals surface area contributed by atoms with Crippen LogP contribution in [0.15, 0.2) is 18.3 Å². The van der Waals surface area contributed by atoms with Crippen molar-refractivity contribution in [1.82, 2.24) is 0 Å². The first kappa shape index (κ1) is 18.7. The monoisotopic (exact) mass is 330 g/mol. The minimum absolute atomic E-state index is 0. The number of pyridine rings is 1. The number of aromatic nitrogens is 1. The van der Waals surface area contributed by atoms with Gasteiger partial charge in [-0.05, 0) is 12.1 Å². The van der Waals surface area contributed by atoms with E-state index in [9.17, 15) is 18.8 Å². The van der Waals surface area contributed by atoms with Crippen LogP contribution in [0, 0.1) is 0 Å². The van der Waals surface area contributed by atoms with Gasteiger partial charge in [0, 0.05) is 0 Å². The lowest BCUT2D eigenvalue weighted by Gasteiger charge is -2.24. The molecule has 0 bridgehead atoms. The molecule has 0 fully saturated rings. The van der Waals surface area contributed by atoms with Crippen LogP contribution in [0.3, 0.4) is 0 Å². The number of H-pyrrole nitrogens is 1. The molecule has 1 unspecified atom stereocenters. The third-order valence-corrected chi connectivity index (χ3v) is 5.28. The summed E-state index contributed by atoms with van der Waals surface area (Å²) in [7, 11) is -10.7. The van der Waals surface area contributed by atoms with E-state index in [1.807, 2.05) is 0 Å². The number of hydrogen-bond donors (Lipinski definition) is 5. The maximum atomic E-state index is 11.0. The molecule has 1 heterocycles. The maximum absolute atomic E-state index is 11.0. The van der Waals surface area contributed by atoms with Gasteiger partial charge in [0.05, 0.1) is 6.20 Å². The van der Waals surface area contributed by atoms with Crippen molar-refractivity contribution in [2.45, 2.75) is 5.52 Å². The predicted octanol–water partition coefficient (Wildman–Crippen LogP) is -2.21. The molecular weight excluding hydrogens is 318 g/mol. The summed E-state index contributed by atoms with van der Waals surface area (Å²) in [6.45, 7) is 0. The Morgan fingerprint density at radius 2 is 1.90 bits per heavy atom. The molecule has 0 spiro atoms. The summed E-state index contributed by atoms with van der Waals surface area (Å²) >= 11 is 0. The fourth-order valence-electron chi connectivity index (χ4n) is 1.22. The van der Waals surface area contributed by atoms with Gasteiger partial charge in [-0.1, -0.05) is 0 Å². The van der Waals surface area contributed by atoms with Gasteiger partial charge in [0.1, 0.15) is 5.56 Å².